The number of benzene rings is 2. The number of ether oxygens (including phenoxy) is 1. The van der Waals surface area contributed by atoms with Crippen LogP contribution in [0.4, 0.5) is 4.79 Å². The van der Waals surface area contributed by atoms with E-state index in [1.54, 1.807) is 30.5 Å². The van der Waals surface area contributed by atoms with E-state index in [9.17, 15) is 13.2 Å². The zero-order valence-corrected chi connectivity index (χ0v) is 22.1. The van der Waals surface area contributed by atoms with E-state index in [1.165, 1.54) is 11.1 Å². The number of amides is 1. The van der Waals surface area contributed by atoms with Crippen molar-refractivity contribution in [3.63, 3.8) is 0 Å². The maximum absolute atomic E-state index is 13.8. The summed E-state index contributed by atoms with van der Waals surface area (Å²) in [6.45, 7) is 14.3. The number of aromatic nitrogens is 1. The summed E-state index contributed by atoms with van der Waals surface area (Å²) in [6, 6.07) is 14.0. The second-order valence-corrected chi connectivity index (χ2v) is 11.9. The third kappa shape index (κ3) is 4.37. The smallest absolute Gasteiger partial charge is 0.407 e. The van der Waals surface area contributed by atoms with E-state index < -0.39 is 21.5 Å². The van der Waals surface area contributed by atoms with Crippen LogP contribution in [0.3, 0.4) is 0 Å². The van der Waals surface area contributed by atoms with Crippen molar-refractivity contribution in [2.75, 3.05) is 7.11 Å². The molecule has 0 saturated heterocycles. The first-order valence-corrected chi connectivity index (χ1v) is 13.5. The molecule has 2 aromatic carbocycles. The van der Waals surface area contributed by atoms with Crippen molar-refractivity contribution in [2.24, 2.45) is 11.3 Å². The Balaban J connectivity index is 1.97. The fourth-order valence-corrected chi connectivity index (χ4v) is 6.90. The second-order valence-electron chi connectivity index (χ2n) is 10.1. The highest BCUT2D eigenvalue weighted by atomic mass is 32.2. The molecule has 1 amide bonds. The highest BCUT2D eigenvalue weighted by Crippen LogP contribution is 2.51. The number of aryl methyl sites for hydroxylation is 1. The molecule has 4 atom stereocenters. The Labute approximate surface area is 213 Å². The maximum atomic E-state index is 13.8. The molecule has 36 heavy (non-hydrogen) atoms. The number of alkyl carbamates (subject to hydrolysis) is 1. The van der Waals surface area contributed by atoms with E-state index in [0.29, 0.717) is 5.52 Å². The molecule has 1 heterocycles. The SMILES string of the molecule is C=C[C@@]1(C)CC[C@@H](C(=C)C)[C@H](c2cn(S(=O)(=O)c3ccc(C)cc3)c3ccccc23)[C@H]1NC(=O)OC. The molecule has 1 fully saturated rings. The van der Waals surface area contributed by atoms with E-state index in [-0.39, 0.29) is 22.8 Å². The highest BCUT2D eigenvalue weighted by molar-refractivity contribution is 7.90. The van der Waals surface area contributed by atoms with E-state index >= 15 is 0 Å². The molecule has 1 N–H and O–H groups in total. The number of para-hydroxylation sites is 1. The third-order valence-electron chi connectivity index (χ3n) is 7.70. The molecular formula is C29H34N2O4S. The minimum absolute atomic E-state index is 0.0292. The monoisotopic (exact) mass is 506 g/mol. The summed E-state index contributed by atoms with van der Waals surface area (Å²) < 4.78 is 33.9. The molecule has 6 nitrogen and oxygen atoms in total. The first-order chi connectivity index (χ1) is 17.0. The Morgan fingerprint density at radius 1 is 1.19 bits per heavy atom. The fourth-order valence-electron chi connectivity index (χ4n) is 5.53. The van der Waals surface area contributed by atoms with Gasteiger partial charge in [-0.1, -0.05) is 61.0 Å². The van der Waals surface area contributed by atoms with Crippen molar-refractivity contribution in [1.29, 1.82) is 0 Å². The highest BCUT2D eigenvalue weighted by Gasteiger charge is 2.48. The first-order valence-electron chi connectivity index (χ1n) is 12.1. The van der Waals surface area contributed by atoms with Gasteiger partial charge in [0.2, 0.25) is 0 Å². The maximum Gasteiger partial charge on any atom is 0.407 e. The van der Waals surface area contributed by atoms with Crippen LogP contribution in [-0.2, 0) is 14.8 Å². The van der Waals surface area contributed by atoms with Gasteiger partial charge < -0.3 is 10.1 Å². The van der Waals surface area contributed by atoms with Gasteiger partial charge in [0.25, 0.3) is 10.0 Å². The van der Waals surface area contributed by atoms with Crippen LogP contribution >= 0.6 is 0 Å². The van der Waals surface area contributed by atoms with Crippen LogP contribution in [0.1, 0.15) is 43.7 Å². The average molecular weight is 507 g/mol. The number of hydrogen-bond acceptors (Lipinski definition) is 4. The van der Waals surface area contributed by atoms with Crippen molar-refractivity contribution in [3.8, 4) is 0 Å². The van der Waals surface area contributed by atoms with Crippen LogP contribution in [0.25, 0.3) is 10.9 Å². The summed E-state index contributed by atoms with van der Waals surface area (Å²) in [5.74, 6) is -0.209. The first kappa shape index (κ1) is 25.8. The number of fused-ring (bicyclic) bond motifs is 1. The van der Waals surface area contributed by atoms with Crippen LogP contribution in [0, 0.1) is 18.3 Å². The lowest BCUT2D eigenvalue weighted by Crippen LogP contribution is -2.54. The summed E-state index contributed by atoms with van der Waals surface area (Å²) in [7, 11) is -2.51. The molecule has 0 spiro atoms. The van der Waals surface area contributed by atoms with Crippen LogP contribution < -0.4 is 5.32 Å². The molecule has 1 saturated carbocycles. The topological polar surface area (TPSA) is 77.4 Å². The number of rotatable bonds is 6. The van der Waals surface area contributed by atoms with Crippen molar-refractivity contribution in [3.05, 3.63) is 90.7 Å². The molecule has 1 aliphatic carbocycles. The largest absolute Gasteiger partial charge is 0.453 e. The average Bonchev–Trinajstić information content (AvgIpc) is 3.25. The number of nitrogens with one attached hydrogen (secondary N) is 1. The molecule has 3 aromatic rings. The van der Waals surface area contributed by atoms with Crippen LogP contribution in [0.2, 0.25) is 0 Å². The predicted octanol–water partition coefficient (Wildman–Crippen LogP) is 6.17. The molecule has 1 aromatic heterocycles. The van der Waals surface area contributed by atoms with E-state index in [1.807, 2.05) is 44.2 Å². The van der Waals surface area contributed by atoms with Gasteiger partial charge >= 0.3 is 6.09 Å². The van der Waals surface area contributed by atoms with Crippen molar-refractivity contribution in [2.45, 2.75) is 50.5 Å². The molecule has 190 valence electrons. The van der Waals surface area contributed by atoms with Crippen molar-refractivity contribution < 1.29 is 17.9 Å². The van der Waals surface area contributed by atoms with Gasteiger partial charge in [-0.25, -0.2) is 17.2 Å². The number of methoxy groups -OCH3 is 1. The predicted molar refractivity (Wildman–Crippen MR) is 144 cm³/mol. The standard InChI is InChI=1S/C29H34N2O4S/c1-7-29(5)17-16-22(19(2)3)26(27(29)30-28(32)35-6)24-18-31(25-11-9-8-10-23(24)25)36(33,34)21-14-12-20(4)13-15-21/h7-15,18,22,26-27H,1-2,16-17H2,3-6H3,(H,30,32)/t22-,26+,27+,29-/m0/s1. The van der Waals surface area contributed by atoms with E-state index in [4.69, 9.17) is 4.74 Å². The summed E-state index contributed by atoms with van der Waals surface area (Å²) >= 11 is 0. The number of nitrogens with zero attached hydrogens (tertiary/aromatic N) is 1. The normalized spacial score (nSPS) is 24.3. The number of carbonyl (C=O) groups is 1. The minimum atomic E-state index is -3.86. The second kappa shape index (κ2) is 9.62. The zero-order chi connectivity index (χ0) is 26.3. The molecule has 0 unspecified atom stereocenters. The van der Waals surface area contributed by atoms with Crippen LogP contribution in [-0.4, -0.2) is 31.6 Å². The Bertz CT molecular complexity index is 1420. The molecular weight excluding hydrogens is 472 g/mol. The lowest BCUT2D eigenvalue weighted by Gasteiger charge is -2.48. The van der Waals surface area contributed by atoms with Gasteiger partial charge in [-0.15, -0.1) is 6.58 Å². The Hall–Kier alpha value is -3.32. The van der Waals surface area contributed by atoms with Crippen LogP contribution in [0.15, 0.2) is 84.4 Å². The van der Waals surface area contributed by atoms with Gasteiger partial charge in [0.15, 0.2) is 0 Å². The summed E-state index contributed by atoms with van der Waals surface area (Å²) in [6.07, 6.45) is 4.72. The lowest BCUT2D eigenvalue weighted by molar-refractivity contribution is 0.117. The van der Waals surface area contributed by atoms with Crippen LogP contribution in [0.5, 0.6) is 0 Å². The third-order valence-corrected chi connectivity index (χ3v) is 9.39. The molecule has 1 aliphatic rings. The summed E-state index contributed by atoms with van der Waals surface area (Å²) in [5, 5.41) is 3.89. The fraction of sp³-hybridized carbons (Fsp3) is 0.345. The molecule has 0 bridgehead atoms. The quantitative estimate of drug-likeness (QED) is 0.406. The van der Waals surface area contributed by atoms with Gasteiger partial charge in [0.05, 0.1) is 17.5 Å². The molecule has 0 radical (unpaired) electrons. The number of carbonyl (C=O) groups excluding carboxylic acids is 1. The zero-order valence-electron chi connectivity index (χ0n) is 21.3. The minimum Gasteiger partial charge on any atom is -0.453 e. The molecule has 7 heteroatoms. The van der Waals surface area contributed by atoms with E-state index in [2.05, 4.69) is 25.4 Å². The Morgan fingerprint density at radius 3 is 2.47 bits per heavy atom. The van der Waals surface area contributed by atoms with Crippen molar-refractivity contribution >= 4 is 27.0 Å². The van der Waals surface area contributed by atoms with Gasteiger partial charge in [0.1, 0.15) is 0 Å². The number of allylic oxidation sites excluding steroid dienone is 1. The van der Waals surface area contributed by atoms with Gasteiger partial charge in [-0.3, -0.25) is 0 Å². The molecule has 0 aliphatic heterocycles. The van der Waals surface area contributed by atoms with Crippen molar-refractivity contribution in [1.82, 2.24) is 9.29 Å². The summed E-state index contributed by atoms with van der Waals surface area (Å²) in [5.41, 5.74) is 2.99. The molecule has 4 rings (SSSR count). The van der Waals surface area contributed by atoms with Gasteiger partial charge in [0, 0.05) is 29.0 Å². The summed E-state index contributed by atoms with van der Waals surface area (Å²) in [4.78, 5) is 12.7. The number of hydrogen-bond donors (Lipinski definition) is 1. The Kier molecular flexibility index (Phi) is 6.88. The lowest BCUT2D eigenvalue weighted by atomic mass is 9.59. The van der Waals surface area contributed by atoms with Gasteiger partial charge in [-0.2, -0.15) is 0 Å². The van der Waals surface area contributed by atoms with E-state index in [0.717, 1.165) is 34.9 Å². The van der Waals surface area contributed by atoms with Gasteiger partial charge in [-0.05, 0) is 56.4 Å². The Morgan fingerprint density at radius 2 is 1.86 bits per heavy atom.